The molecule has 0 saturated heterocycles. The lowest BCUT2D eigenvalue weighted by Gasteiger charge is -2.30. The number of nitriles is 1. The van der Waals surface area contributed by atoms with E-state index in [1.54, 1.807) is 0 Å². The minimum Gasteiger partial charge on any atom is -0.396 e. The number of hydrogen-bond acceptors (Lipinski definition) is 4. The normalized spacial score (nSPS) is 20.0. The van der Waals surface area contributed by atoms with E-state index in [4.69, 9.17) is 16.0 Å². The molecule has 4 heteroatoms. The van der Waals surface area contributed by atoms with Gasteiger partial charge in [0.25, 0.3) is 0 Å². The van der Waals surface area contributed by atoms with Crippen molar-refractivity contribution in [1.82, 2.24) is 4.98 Å². The van der Waals surface area contributed by atoms with Crippen molar-refractivity contribution >= 4 is 27.2 Å². The molecule has 1 aliphatic rings. The highest BCUT2D eigenvalue weighted by Crippen LogP contribution is 2.38. The summed E-state index contributed by atoms with van der Waals surface area (Å²) in [6, 6.07) is 4.38. The molecular formula is C19H25N3S. The number of thiophene rings is 1. The fourth-order valence-electron chi connectivity index (χ4n) is 3.78. The maximum absolute atomic E-state index is 9.16. The molecule has 3 atom stereocenters. The number of anilines is 1. The molecule has 1 aliphatic carbocycles. The van der Waals surface area contributed by atoms with E-state index in [-0.39, 0.29) is 0 Å². The molecule has 0 radical (unpaired) electrons. The van der Waals surface area contributed by atoms with Crippen LogP contribution in [0.25, 0.3) is 10.2 Å². The maximum atomic E-state index is 9.16. The molecule has 0 aromatic carbocycles. The van der Waals surface area contributed by atoms with Gasteiger partial charge < -0.3 is 5.73 Å². The number of hydrogen-bond donors (Lipinski definition) is 1. The molecule has 122 valence electrons. The first kappa shape index (κ1) is 16.3. The Morgan fingerprint density at radius 2 is 2.26 bits per heavy atom. The molecule has 23 heavy (non-hydrogen) atoms. The highest BCUT2D eigenvalue weighted by atomic mass is 32.1. The topological polar surface area (TPSA) is 62.7 Å². The average Bonchev–Trinajstić information content (AvgIpc) is 2.87. The first-order chi connectivity index (χ1) is 11.0. The van der Waals surface area contributed by atoms with Crippen LogP contribution in [0.1, 0.15) is 56.2 Å². The Morgan fingerprint density at radius 1 is 1.48 bits per heavy atom. The second-order valence-corrected chi connectivity index (χ2v) is 8.13. The van der Waals surface area contributed by atoms with Crippen molar-refractivity contribution in [2.75, 3.05) is 5.73 Å². The minimum absolute atomic E-state index is 0.594. The van der Waals surface area contributed by atoms with E-state index in [9.17, 15) is 0 Å². The monoisotopic (exact) mass is 327 g/mol. The molecule has 0 bridgehead atoms. The second-order valence-electron chi connectivity index (χ2n) is 7.13. The Kier molecular flexibility index (Phi) is 4.59. The fraction of sp³-hybridized carbons (Fsp3) is 0.579. The zero-order valence-corrected chi connectivity index (χ0v) is 15.0. The molecule has 3 rings (SSSR count). The van der Waals surface area contributed by atoms with Crippen LogP contribution in [0.15, 0.2) is 6.07 Å². The molecular weight excluding hydrogens is 302 g/mol. The Morgan fingerprint density at radius 3 is 2.96 bits per heavy atom. The predicted octanol–water partition coefficient (Wildman–Crippen LogP) is 4.93. The van der Waals surface area contributed by atoms with Gasteiger partial charge in [-0.05, 0) is 55.1 Å². The van der Waals surface area contributed by atoms with Crippen LogP contribution in [-0.2, 0) is 12.8 Å². The number of nitrogens with two attached hydrogens (primary N) is 1. The number of pyridine rings is 1. The highest BCUT2D eigenvalue weighted by Gasteiger charge is 2.26. The van der Waals surface area contributed by atoms with Gasteiger partial charge in [0.1, 0.15) is 15.8 Å². The number of nitrogens with zero attached hydrogens (tertiary/aromatic N) is 2. The molecule has 0 amide bonds. The Balaban J connectivity index is 1.87. The molecule has 3 nitrogen and oxygen atoms in total. The van der Waals surface area contributed by atoms with Crippen LogP contribution in [0, 0.1) is 29.1 Å². The minimum atomic E-state index is 0.594. The Bertz CT molecular complexity index is 756. The summed E-state index contributed by atoms with van der Waals surface area (Å²) in [7, 11) is 0. The summed E-state index contributed by atoms with van der Waals surface area (Å²) >= 11 is 1.42. The SMILES string of the molecule is CCC(C)CC(C)C1CCc2nc3sc(C#N)c(N)c3cc2C1. The Hall–Kier alpha value is -1.60. The third-order valence-electron chi connectivity index (χ3n) is 5.50. The highest BCUT2D eigenvalue weighted by molar-refractivity contribution is 7.19. The van der Waals surface area contributed by atoms with E-state index in [1.807, 2.05) is 0 Å². The second kappa shape index (κ2) is 6.49. The molecule has 0 fully saturated rings. The number of rotatable bonds is 4. The quantitative estimate of drug-likeness (QED) is 0.866. The zero-order chi connectivity index (χ0) is 16.6. The van der Waals surface area contributed by atoms with Crippen molar-refractivity contribution in [2.45, 2.75) is 52.9 Å². The van der Waals surface area contributed by atoms with Gasteiger partial charge in [-0.15, -0.1) is 11.3 Å². The summed E-state index contributed by atoms with van der Waals surface area (Å²) in [4.78, 5) is 6.32. The van der Waals surface area contributed by atoms with Crippen LogP contribution >= 0.6 is 11.3 Å². The summed E-state index contributed by atoms with van der Waals surface area (Å²) < 4.78 is 0. The smallest absolute Gasteiger partial charge is 0.130 e. The van der Waals surface area contributed by atoms with Crippen molar-refractivity contribution in [2.24, 2.45) is 17.8 Å². The molecule has 2 aromatic heterocycles. The van der Waals surface area contributed by atoms with E-state index in [1.165, 1.54) is 41.9 Å². The van der Waals surface area contributed by atoms with Gasteiger partial charge >= 0.3 is 0 Å². The third-order valence-corrected chi connectivity index (χ3v) is 6.52. The van der Waals surface area contributed by atoms with Crippen molar-refractivity contribution in [3.8, 4) is 6.07 Å². The predicted molar refractivity (Wildman–Crippen MR) is 97.5 cm³/mol. The summed E-state index contributed by atoms with van der Waals surface area (Å²) in [5.74, 6) is 2.30. The summed E-state index contributed by atoms with van der Waals surface area (Å²) in [6.07, 6.45) is 5.96. The van der Waals surface area contributed by atoms with Gasteiger partial charge in [0.05, 0.1) is 5.69 Å². The number of nitrogen functional groups attached to an aromatic ring is 1. The van der Waals surface area contributed by atoms with E-state index < -0.39 is 0 Å². The largest absolute Gasteiger partial charge is 0.396 e. The van der Waals surface area contributed by atoms with Gasteiger partial charge in [0, 0.05) is 11.1 Å². The van der Waals surface area contributed by atoms with Crippen LogP contribution in [0.5, 0.6) is 0 Å². The molecule has 2 heterocycles. The van der Waals surface area contributed by atoms with Crippen LogP contribution in [0.3, 0.4) is 0 Å². The molecule has 0 spiro atoms. The average molecular weight is 327 g/mol. The summed E-state index contributed by atoms with van der Waals surface area (Å²) in [5.41, 5.74) is 9.28. The van der Waals surface area contributed by atoms with Gasteiger partial charge in [-0.2, -0.15) is 5.26 Å². The van der Waals surface area contributed by atoms with Gasteiger partial charge in [0.2, 0.25) is 0 Å². The van der Waals surface area contributed by atoms with Crippen molar-refractivity contribution in [1.29, 1.82) is 5.26 Å². The van der Waals surface area contributed by atoms with E-state index in [0.717, 1.165) is 40.8 Å². The number of fused-ring (bicyclic) bond motifs is 2. The lowest BCUT2D eigenvalue weighted by molar-refractivity contribution is 0.266. The van der Waals surface area contributed by atoms with Gasteiger partial charge in [-0.3, -0.25) is 0 Å². The number of aryl methyl sites for hydroxylation is 1. The lowest BCUT2D eigenvalue weighted by Crippen LogP contribution is -2.23. The van der Waals surface area contributed by atoms with Crippen molar-refractivity contribution < 1.29 is 0 Å². The zero-order valence-electron chi connectivity index (χ0n) is 14.2. The lowest BCUT2D eigenvalue weighted by atomic mass is 9.76. The van der Waals surface area contributed by atoms with Crippen molar-refractivity contribution in [3.05, 3.63) is 22.2 Å². The van der Waals surface area contributed by atoms with Crippen LogP contribution in [0.2, 0.25) is 0 Å². The molecule has 3 unspecified atom stereocenters. The van der Waals surface area contributed by atoms with E-state index in [0.29, 0.717) is 10.6 Å². The standard InChI is InChI=1S/C19H25N3S/c1-4-11(2)7-12(3)13-5-6-16-14(8-13)9-15-18(21)17(10-20)23-19(15)22-16/h9,11-13H,4-8,21H2,1-3H3. The van der Waals surface area contributed by atoms with E-state index in [2.05, 4.69) is 32.9 Å². The first-order valence-corrected chi connectivity index (χ1v) is 9.46. The van der Waals surface area contributed by atoms with Crippen LogP contribution in [-0.4, -0.2) is 4.98 Å². The maximum Gasteiger partial charge on any atom is 0.130 e. The van der Waals surface area contributed by atoms with Crippen molar-refractivity contribution in [3.63, 3.8) is 0 Å². The summed E-state index contributed by atoms with van der Waals surface area (Å²) in [5, 5.41) is 10.1. The van der Waals surface area contributed by atoms with Gasteiger partial charge in [-0.1, -0.05) is 27.2 Å². The molecule has 2 aromatic rings. The summed E-state index contributed by atoms with van der Waals surface area (Å²) in [6.45, 7) is 7.04. The van der Waals surface area contributed by atoms with E-state index >= 15 is 0 Å². The third kappa shape index (κ3) is 3.07. The molecule has 0 saturated carbocycles. The Labute approximate surface area is 142 Å². The van der Waals surface area contributed by atoms with Gasteiger partial charge in [0.15, 0.2) is 0 Å². The number of aromatic nitrogens is 1. The van der Waals surface area contributed by atoms with Crippen LogP contribution in [0.4, 0.5) is 5.69 Å². The fourth-order valence-corrected chi connectivity index (χ4v) is 4.67. The molecule has 0 aliphatic heterocycles. The van der Waals surface area contributed by atoms with Crippen LogP contribution < -0.4 is 5.73 Å². The first-order valence-electron chi connectivity index (χ1n) is 8.64. The molecule has 2 N–H and O–H groups in total. The van der Waals surface area contributed by atoms with Gasteiger partial charge in [-0.25, -0.2) is 4.98 Å².